The number of nitrogens with two attached hydrogens (primary N) is 2. The molecule has 70 valence electrons. The van der Waals surface area contributed by atoms with Crippen LogP contribution in [0.1, 0.15) is 24.6 Å². The number of nitrogens with one attached hydrogen (secondary N) is 1. The van der Waals surface area contributed by atoms with Gasteiger partial charge < -0.3 is 16.5 Å². The highest BCUT2D eigenvalue weighted by Gasteiger charge is 2.04. The fraction of sp³-hybridized carbons (Fsp3) is 0.500. The lowest BCUT2D eigenvalue weighted by molar-refractivity contribution is 0.606. The van der Waals surface area contributed by atoms with Crippen LogP contribution in [-0.4, -0.2) is 11.5 Å². The zero-order chi connectivity index (χ0) is 8.10. The summed E-state index contributed by atoms with van der Waals surface area (Å²) >= 11 is 0. The Kier molecular flexibility index (Phi) is 5.80. The summed E-state index contributed by atoms with van der Waals surface area (Å²) in [5, 5.41) is 0. The zero-order valence-electron chi connectivity index (χ0n) is 6.99. The van der Waals surface area contributed by atoms with E-state index in [0.29, 0.717) is 6.54 Å². The van der Waals surface area contributed by atoms with Gasteiger partial charge in [-0.25, -0.2) is 0 Å². The zero-order valence-corrected chi connectivity index (χ0v) is 7.81. The van der Waals surface area contributed by atoms with E-state index in [1.54, 1.807) is 0 Å². The summed E-state index contributed by atoms with van der Waals surface area (Å²) in [6.45, 7) is 0.717. The molecular weight excluding hydrogens is 174 g/mol. The SMILES string of the molecule is Cl.NCCC[C@@H](N)c1ccc[nH]1. The second kappa shape index (κ2) is 6.06. The van der Waals surface area contributed by atoms with E-state index in [9.17, 15) is 0 Å². The predicted octanol–water partition coefficient (Wildman–Crippen LogP) is 1.18. The minimum Gasteiger partial charge on any atom is -0.364 e. The van der Waals surface area contributed by atoms with Crippen molar-refractivity contribution in [3.8, 4) is 0 Å². The quantitative estimate of drug-likeness (QED) is 0.666. The van der Waals surface area contributed by atoms with Crippen molar-refractivity contribution < 1.29 is 0 Å². The number of hydrogen-bond acceptors (Lipinski definition) is 2. The van der Waals surface area contributed by atoms with Crippen LogP contribution in [0.15, 0.2) is 18.3 Å². The first-order valence-corrected chi connectivity index (χ1v) is 3.93. The van der Waals surface area contributed by atoms with Gasteiger partial charge in [0.1, 0.15) is 0 Å². The summed E-state index contributed by atoms with van der Waals surface area (Å²) in [4.78, 5) is 3.08. The van der Waals surface area contributed by atoms with Gasteiger partial charge in [-0.05, 0) is 31.5 Å². The van der Waals surface area contributed by atoms with Gasteiger partial charge in [0.15, 0.2) is 0 Å². The van der Waals surface area contributed by atoms with E-state index in [0.717, 1.165) is 18.5 Å². The maximum atomic E-state index is 5.84. The normalized spacial score (nSPS) is 12.2. The van der Waals surface area contributed by atoms with Crippen LogP contribution in [0.4, 0.5) is 0 Å². The van der Waals surface area contributed by atoms with Crippen molar-refractivity contribution in [1.82, 2.24) is 4.98 Å². The molecule has 0 aliphatic carbocycles. The molecule has 0 spiro atoms. The van der Waals surface area contributed by atoms with Crippen molar-refractivity contribution >= 4 is 12.4 Å². The molecule has 0 aliphatic heterocycles. The summed E-state index contributed by atoms with van der Waals surface area (Å²) in [5.74, 6) is 0. The Hall–Kier alpha value is -0.510. The molecule has 1 rings (SSSR count). The maximum Gasteiger partial charge on any atom is 0.0448 e. The van der Waals surface area contributed by atoms with Gasteiger partial charge in [0, 0.05) is 17.9 Å². The van der Waals surface area contributed by atoms with Crippen LogP contribution in [0.5, 0.6) is 0 Å². The molecule has 0 saturated carbocycles. The molecule has 0 aliphatic rings. The van der Waals surface area contributed by atoms with E-state index in [1.165, 1.54) is 0 Å². The van der Waals surface area contributed by atoms with E-state index in [4.69, 9.17) is 11.5 Å². The number of H-pyrrole nitrogens is 1. The molecule has 0 amide bonds. The van der Waals surface area contributed by atoms with E-state index in [-0.39, 0.29) is 18.4 Å². The molecule has 12 heavy (non-hydrogen) atoms. The van der Waals surface area contributed by atoms with Gasteiger partial charge in [-0.3, -0.25) is 0 Å². The highest BCUT2D eigenvalue weighted by Crippen LogP contribution is 2.11. The summed E-state index contributed by atoms with van der Waals surface area (Å²) < 4.78 is 0. The maximum absolute atomic E-state index is 5.84. The lowest BCUT2D eigenvalue weighted by Crippen LogP contribution is -2.12. The molecule has 0 radical (unpaired) electrons. The standard InChI is InChI=1S/C8H15N3.ClH/c9-5-1-3-7(10)8-4-2-6-11-8;/h2,4,6-7,11H,1,3,5,9-10H2;1H/t7-;/m1./s1. The Morgan fingerprint density at radius 1 is 1.50 bits per heavy atom. The Morgan fingerprint density at radius 2 is 2.25 bits per heavy atom. The summed E-state index contributed by atoms with van der Waals surface area (Å²) in [6, 6.07) is 4.08. The third-order valence-electron chi connectivity index (χ3n) is 1.74. The Bertz CT molecular complexity index is 186. The lowest BCUT2D eigenvalue weighted by Gasteiger charge is -2.07. The molecule has 1 atom stereocenters. The van der Waals surface area contributed by atoms with Crippen LogP contribution in [0.3, 0.4) is 0 Å². The van der Waals surface area contributed by atoms with Gasteiger partial charge in [-0.2, -0.15) is 0 Å². The molecule has 4 heteroatoms. The number of rotatable bonds is 4. The van der Waals surface area contributed by atoms with Gasteiger partial charge in [0.25, 0.3) is 0 Å². The van der Waals surface area contributed by atoms with Crippen LogP contribution < -0.4 is 11.5 Å². The smallest absolute Gasteiger partial charge is 0.0448 e. The van der Waals surface area contributed by atoms with Gasteiger partial charge in [-0.15, -0.1) is 12.4 Å². The average Bonchev–Trinajstić information content (AvgIpc) is 2.52. The van der Waals surface area contributed by atoms with Crippen LogP contribution in [0.2, 0.25) is 0 Å². The van der Waals surface area contributed by atoms with E-state index in [1.807, 2.05) is 18.3 Å². The van der Waals surface area contributed by atoms with E-state index >= 15 is 0 Å². The highest BCUT2D eigenvalue weighted by atomic mass is 35.5. The summed E-state index contributed by atoms with van der Waals surface area (Å²) in [5.41, 5.74) is 12.3. The minimum absolute atomic E-state index is 0. The van der Waals surface area contributed by atoms with Crippen LogP contribution >= 0.6 is 12.4 Å². The molecule has 0 saturated heterocycles. The fourth-order valence-corrected chi connectivity index (χ4v) is 1.07. The van der Waals surface area contributed by atoms with Crippen molar-refractivity contribution in [2.45, 2.75) is 18.9 Å². The highest BCUT2D eigenvalue weighted by molar-refractivity contribution is 5.85. The van der Waals surface area contributed by atoms with E-state index in [2.05, 4.69) is 4.98 Å². The topological polar surface area (TPSA) is 67.8 Å². The first kappa shape index (κ1) is 11.5. The second-order valence-electron chi connectivity index (χ2n) is 2.66. The molecule has 0 bridgehead atoms. The average molecular weight is 190 g/mol. The number of hydrogen-bond donors (Lipinski definition) is 3. The molecular formula is C8H16ClN3. The lowest BCUT2D eigenvalue weighted by atomic mass is 10.1. The summed E-state index contributed by atoms with van der Waals surface area (Å²) in [6.07, 6.45) is 3.83. The van der Waals surface area contributed by atoms with Crippen LogP contribution in [0.25, 0.3) is 0 Å². The number of aromatic amines is 1. The Balaban J connectivity index is 0.00000121. The monoisotopic (exact) mass is 189 g/mol. The number of halogens is 1. The first-order valence-electron chi connectivity index (χ1n) is 3.93. The molecule has 1 heterocycles. The summed E-state index contributed by atoms with van der Waals surface area (Å²) in [7, 11) is 0. The van der Waals surface area contributed by atoms with E-state index < -0.39 is 0 Å². The molecule has 1 aromatic heterocycles. The largest absolute Gasteiger partial charge is 0.364 e. The molecule has 1 aromatic rings. The van der Waals surface area contributed by atoms with Crippen molar-refractivity contribution in [1.29, 1.82) is 0 Å². The first-order chi connectivity index (χ1) is 5.34. The van der Waals surface area contributed by atoms with Crippen molar-refractivity contribution in [3.63, 3.8) is 0 Å². The van der Waals surface area contributed by atoms with Crippen molar-refractivity contribution in [2.24, 2.45) is 11.5 Å². The second-order valence-corrected chi connectivity index (χ2v) is 2.66. The van der Waals surface area contributed by atoms with Gasteiger partial charge in [-0.1, -0.05) is 0 Å². The predicted molar refractivity (Wildman–Crippen MR) is 53.3 cm³/mol. The third-order valence-corrected chi connectivity index (χ3v) is 1.74. The molecule has 5 N–H and O–H groups in total. The van der Waals surface area contributed by atoms with Gasteiger partial charge in [0.05, 0.1) is 0 Å². The number of aromatic nitrogens is 1. The Labute approximate surface area is 78.9 Å². The van der Waals surface area contributed by atoms with Crippen molar-refractivity contribution in [3.05, 3.63) is 24.0 Å². The molecule has 0 unspecified atom stereocenters. The minimum atomic E-state index is 0. The molecule has 3 nitrogen and oxygen atoms in total. The Morgan fingerprint density at radius 3 is 2.75 bits per heavy atom. The van der Waals surface area contributed by atoms with Crippen molar-refractivity contribution in [2.75, 3.05) is 6.54 Å². The molecule has 0 fully saturated rings. The van der Waals surface area contributed by atoms with Gasteiger partial charge in [0.2, 0.25) is 0 Å². The fourth-order valence-electron chi connectivity index (χ4n) is 1.07. The van der Waals surface area contributed by atoms with Crippen LogP contribution in [0, 0.1) is 0 Å². The molecule has 0 aromatic carbocycles. The van der Waals surface area contributed by atoms with Crippen LogP contribution in [-0.2, 0) is 0 Å². The van der Waals surface area contributed by atoms with Gasteiger partial charge >= 0.3 is 0 Å². The third kappa shape index (κ3) is 3.26.